The fourth-order valence-electron chi connectivity index (χ4n) is 3.46. The molecule has 3 heterocycles. The van der Waals surface area contributed by atoms with Crippen LogP contribution in [0.15, 0.2) is 28.8 Å². The molecule has 0 bridgehead atoms. The van der Waals surface area contributed by atoms with Crippen LogP contribution in [0.1, 0.15) is 30.4 Å². The highest BCUT2D eigenvalue weighted by Crippen LogP contribution is 2.32. The number of nitrogens with one attached hydrogen (secondary N) is 1. The van der Waals surface area contributed by atoms with Gasteiger partial charge in [0, 0.05) is 24.0 Å². The number of aromatic nitrogens is 1. The van der Waals surface area contributed by atoms with Crippen molar-refractivity contribution >= 4 is 22.7 Å². The zero-order chi connectivity index (χ0) is 15.8. The molecule has 2 aliphatic heterocycles. The summed E-state index contributed by atoms with van der Waals surface area (Å²) in [6.45, 7) is 2.18. The van der Waals surface area contributed by atoms with Crippen molar-refractivity contribution in [1.82, 2.24) is 4.98 Å². The Morgan fingerprint density at radius 3 is 2.83 bits per heavy atom. The lowest BCUT2D eigenvalue weighted by Crippen LogP contribution is -2.30. The zero-order valence-electron chi connectivity index (χ0n) is 12.8. The van der Waals surface area contributed by atoms with Crippen molar-refractivity contribution in [3.63, 3.8) is 0 Å². The van der Waals surface area contributed by atoms with Crippen LogP contribution in [0.2, 0.25) is 0 Å². The van der Waals surface area contributed by atoms with Gasteiger partial charge in [0.05, 0.1) is 16.8 Å². The summed E-state index contributed by atoms with van der Waals surface area (Å²) >= 11 is 0. The van der Waals surface area contributed by atoms with E-state index < -0.39 is 0 Å². The summed E-state index contributed by atoms with van der Waals surface area (Å²) in [5, 5.41) is 10.1. The van der Waals surface area contributed by atoms with Crippen LogP contribution in [0, 0.1) is 11.3 Å². The number of rotatable bonds is 1. The first kappa shape index (κ1) is 13.9. The van der Waals surface area contributed by atoms with Crippen molar-refractivity contribution in [1.29, 1.82) is 5.26 Å². The van der Waals surface area contributed by atoms with Crippen LogP contribution < -0.4 is 10.5 Å². The van der Waals surface area contributed by atoms with Gasteiger partial charge in [-0.3, -0.25) is 4.79 Å². The molecule has 23 heavy (non-hydrogen) atoms. The molecule has 0 aliphatic carbocycles. The molecule has 0 radical (unpaired) electrons. The third-order valence-electron chi connectivity index (χ3n) is 4.62. The number of anilines is 1. The average molecular weight is 307 g/mol. The number of benzene rings is 1. The highest BCUT2D eigenvalue weighted by molar-refractivity contribution is 5.97. The molecule has 1 saturated heterocycles. The number of hydrogen-bond donors (Lipinski definition) is 1. The van der Waals surface area contributed by atoms with Gasteiger partial charge in [-0.25, -0.2) is 0 Å². The third kappa shape index (κ3) is 2.27. The van der Waals surface area contributed by atoms with Crippen molar-refractivity contribution < 1.29 is 4.74 Å². The van der Waals surface area contributed by atoms with E-state index in [4.69, 9.17) is 10.00 Å². The fourth-order valence-corrected chi connectivity index (χ4v) is 3.46. The van der Waals surface area contributed by atoms with E-state index in [2.05, 4.69) is 16.0 Å². The van der Waals surface area contributed by atoms with Gasteiger partial charge in [0.2, 0.25) is 0 Å². The number of hydrogen-bond acceptors (Lipinski definition) is 4. The molecular weight excluding hydrogens is 290 g/mol. The molecule has 0 spiro atoms. The lowest BCUT2D eigenvalue weighted by atomic mass is 10.00. The number of nitrogens with zero attached hydrogens (tertiary/aromatic N) is 2. The minimum Gasteiger partial charge on any atom is -0.479 e. The first-order chi connectivity index (χ1) is 11.3. The molecule has 5 nitrogen and oxygen atoms in total. The van der Waals surface area contributed by atoms with Gasteiger partial charge in [0.25, 0.3) is 5.56 Å². The second kappa shape index (κ2) is 5.47. The van der Waals surface area contributed by atoms with E-state index >= 15 is 0 Å². The molecular formula is C18H17N3O2. The molecule has 2 aliphatic rings. The average Bonchev–Trinajstić information content (AvgIpc) is 2.62. The number of aromatic amines is 1. The van der Waals surface area contributed by atoms with Crippen LogP contribution in [0.25, 0.3) is 17.0 Å². The maximum atomic E-state index is 12.4. The van der Waals surface area contributed by atoms with Crippen molar-refractivity contribution in [3.05, 3.63) is 45.4 Å². The fraction of sp³-hybridized carbons (Fsp3) is 0.333. The van der Waals surface area contributed by atoms with E-state index in [0.717, 1.165) is 35.2 Å². The van der Waals surface area contributed by atoms with Crippen molar-refractivity contribution in [2.45, 2.75) is 25.9 Å². The molecule has 0 atom stereocenters. The number of piperidine rings is 1. The third-order valence-corrected chi connectivity index (χ3v) is 4.62. The molecule has 1 N–H and O–H groups in total. The highest BCUT2D eigenvalue weighted by Gasteiger charge is 2.21. The van der Waals surface area contributed by atoms with E-state index in [1.807, 2.05) is 18.2 Å². The van der Waals surface area contributed by atoms with Gasteiger partial charge in [0.15, 0.2) is 5.76 Å². The van der Waals surface area contributed by atoms with E-state index in [1.54, 1.807) is 6.08 Å². The summed E-state index contributed by atoms with van der Waals surface area (Å²) < 4.78 is 5.30. The minimum atomic E-state index is -0.134. The van der Waals surface area contributed by atoms with Gasteiger partial charge in [0.1, 0.15) is 12.7 Å². The Morgan fingerprint density at radius 1 is 1.22 bits per heavy atom. The van der Waals surface area contributed by atoms with Gasteiger partial charge >= 0.3 is 0 Å². The second-order valence-electron chi connectivity index (χ2n) is 6.00. The Bertz CT molecular complexity index is 899. The molecule has 1 aromatic carbocycles. The SMILES string of the molecule is N#CC1=Cc2c(c(=O)[nH]c3c(N4CCCCC4)cccc23)CO1. The van der Waals surface area contributed by atoms with E-state index in [0.29, 0.717) is 5.56 Å². The zero-order valence-corrected chi connectivity index (χ0v) is 12.8. The number of pyridine rings is 1. The van der Waals surface area contributed by atoms with Gasteiger partial charge in [-0.2, -0.15) is 5.26 Å². The maximum Gasteiger partial charge on any atom is 0.255 e. The number of para-hydroxylation sites is 1. The van der Waals surface area contributed by atoms with Crippen LogP contribution in [-0.4, -0.2) is 18.1 Å². The minimum absolute atomic E-state index is 0.134. The topological polar surface area (TPSA) is 69.1 Å². The second-order valence-corrected chi connectivity index (χ2v) is 6.00. The Morgan fingerprint density at radius 2 is 2.04 bits per heavy atom. The molecule has 4 rings (SSSR count). The molecule has 0 unspecified atom stereocenters. The highest BCUT2D eigenvalue weighted by atomic mass is 16.5. The Labute approximate surface area is 133 Å². The molecule has 0 amide bonds. The number of nitriles is 1. The summed E-state index contributed by atoms with van der Waals surface area (Å²) in [6, 6.07) is 8.09. The number of ether oxygens (including phenoxy) is 1. The Hall–Kier alpha value is -2.74. The summed E-state index contributed by atoms with van der Waals surface area (Å²) in [5.74, 6) is 0.257. The molecule has 1 fully saturated rings. The number of allylic oxidation sites excluding steroid dienone is 1. The van der Waals surface area contributed by atoms with Gasteiger partial charge in [-0.15, -0.1) is 0 Å². The monoisotopic (exact) mass is 307 g/mol. The Kier molecular flexibility index (Phi) is 3.30. The van der Waals surface area contributed by atoms with Crippen LogP contribution in [0.4, 0.5) is 5.69 Å². The Balaban J connectivity index is 1.96. The van der Waals surface area contributed by atoms with Crippen LogP contribution >= 0.6 is 0 Å². The quantitative estimate of drug-likeness (QED) is 0.879. The van der Waals surface area contributed by atoms with Gasteiger partial charge < -0.3 is 14.6 Å². The summed E-state index contributed by atoms with van der Waals surface area (Å²) in [4.78, 5) is 17.8. The predicted molar refractivity (Wildman–Crippen MR) is 89.0 cm³/mol. The summed E-state index contributed by atoms with van der Waals surface area (Å²) in [7, 11) is 0. The predicted octanol–water partition coefficient (Wildman–Crippen LogP) is 2.91. The normalized spacial score (nSPS) is 17.2. The molecule has 2 aromatic rings. The van der Waals surface area contributed by atoms with Gasteiger partial charge in [-0.05, 0) is 31.4 Å². The van der Waals surface area contributed by atoms with E-state index in [9.17, 15) is 4.79 Å². The van der Waals surface area contributed by atoms with Crippen LogP contribution in [0.3, 0.4) is 0 Å². The van der Waals surface area contributed by atoms with Crippen molar-refractivity contribution in [3.8, 4) is 6.07 Å². The molecule has 1 aromatic heterocycles. The summed E-state index contributed by atoms with van der Waals surface area (Å²) in [5.41, 5.74) is 3.19. The summed E-state index contributed by atoms with van der Waals surface area (Å²) in [6.07, 6.45) is 5.30. The number of H-pyrrole nitrogens is 1. The van der Waals surface area contributed by atoms with Crippen molar-refractivity contribution in [2.24, 2.45) is 0 Å². The molecule has 5 heteroatoms. The first-order valence-electron chi connectivity index (χ1n) is 7.95. The smallest absolute Gasteiger partial charge is 0.255 e. The van der Waals surface area contributed by atoms with Crippen LogP contribution in [-0.2, 0) is 11.3 Å². The lowest BCUT2D eigenvalue weighted by Gasteiger charge is -2.30. The largest absolute Gasteiger partial charge is 0.479 e. The lowest BCUT2D eigenvalue weighted by molar-refractivity contribution is 0.211. The van der Waals surface area contributed by atoms with Gasteiger partial charge in [-0.1, -0.05) is 12.1 Å². The standard InChI is InChI=1S/C18H17N3O2/c19-10-12-9-14-13-5-4-6-16(21-7-2-1-3-8-21)17(13)20-18(22)15(14)11-23-12/h4-6,9H,1-3,7-8,11H2,(H,20,22). The van der Waals surface area contributed by atoms with Crippen LogP contribution in [0.5, 0.6) is 0 Å². The number of fused-ring (bicyclic) bond motifs is 3. The first-order valence-corrected chi connectivity index (χ1v) is 7.95. The van der Waals surface area contributed by atoms with E-state index in [1.165, 1.54) is 19.3 Å². The van der Waals surface area contributed by atoms with E-state index in [-0.39, 0.29) is 17.9 Å². The molecule has 0 saturated carbocycles. The maximum absolute atomic E-state index is 12.4. The molecule has 116 valence electrons. The van der Waals surface area contributed by atoms with Crippen molar-refractivity contribution in [2.75, 3.05) is 18.0 Å².